The maximum atomic E-state index is 12.1. The van der Waals surface area contributed by atoms with Crippen molar-refractivity contribution in [3.63, 3.8) is 0 Å². The minimum absolute atomic E-state index is 0.00440. The summed E-state index contributed by atoms with van der Waals surface area (Å²) < 4.78 is 22.8. The van der Waals surface area contributed by atoms with Crippen LogP contribution >= 0.6 is 0 Å². The Bertz CT molecular complexity index is 627. The van der Waals surface area contributed by atoms with E-state index in [0.717, 1.165) is 12.1 Å². The number of benzene rings is 1. The fourth-order valence-electron chi connectivity index (χ4n) is 2.86. The number of para-hydroxylation sites is 1. The maximum Gasteiger partial charge on any atom is 0.224 e. The summed E-state index contributed by atoms with van der Waals surface area (Å²) in [6.45, 7) is 0.683. The first-order chi connectivity index (χ1) is 9.53. The van der Waals surface area contributed by atoms with Crippen molar-refractivity contribution in [3.05, 3.63) is 29.8 Å². The van der Waals surface area contributed by atoms with Gasteiger partial charge in [-0.1, -0.05) is 18.2 Å². The molecule has 0 spiro atoms. The molecule has 0 saturated carbocycles. The van der Waals surface area contributed by atoms with Gasteiger partial charge in [0.2, 0.25) is 5.91 Å². The summed E-state index contributed by atoms with van der Waals surface area (Å²) >= 11 is 0. The smallest absolute Gasteiger partial charge is 0.224 e. The highest BCUT2D eigenvalue weighted by Gasteiger charge is 2.34. The topological polar surface area (TPSA) is 75.3 Å². The number of nitrogens with one attached hydrogen (secondary N) is 2. The molecule has 2 aliphatic rings. The Morgan fingerprint density at radius 2 is 2.10 bits per heavy atom. The van der Waals surface area contributed by atoms with Crippen LogP contribution in [0.1, 0.15) is 12.0 Å². The zero-order valence-corrected chi connectivity index (χ0v) is 11.9. The summed E-state index contributed by atoms with van der Waals surface area (Å²) in [5.74, 6) is -0.374. The number of fused-ring (bicyclic) bond motifs is 1. The number of sulfone groups is 1. The van der Waals surface area contributed by atoms with Crippen molar-refractivity contribution in [2.45, 2.75) is 18.9 Å². The van der Waals surface area contributed by atoms with E-state index in [2.05, 4.69) is 10.6 Å². The van der Waals surface area contributed by atoms with Crippen molar-refractivity contribution in [2.75, 3.05) is 23.4 Å². The van der Waals surface area contributed by atoms with E-state index >= 15 is 0 Å². The van der Waals surface area contributed by atoms with Crippen LogP contribution in [-0.2, 0) is 21.1 Å². The Hall–Kier alpha value is -1.56. The number of carbonyl (C=O) groups is 1. The van der Waals surface area contributed by atoms with Gasteiger partial charge in [-0.05, 0) is 24.5 Å². The second-order valence-electron chi connectivity index (χ2n) is 5.55. The highest BCUT2D eigenvalue weighted by Crippen LogP contribution is 2.22. The Morgan fingerprint density at radius 1 is 1.30 bits per heavy atom. The van der Waals surface area contributed by atoms with Crippen LogP contribution in [0.5, 0.6) is 0 Å². The summed E-state index contributed by atoms with van der Waals surface area (Å²) in [7, 11) is -3.01. The highest BCUT2D eigenvalue weighted by atomic mass is 32.2. The zero-order valence-electron chi connectivity index (χ0n) is 11.1. The van der Waals surface area contributed by atoms with E-state index in [1.165, 1.54) is 5.56 Å². The predicted molar refractivity (Wildman–Crippen MR) is 77.3 cm³/mol. The summed E-state index contributed by atoms with van der Waals surface area (Å²) in [4.78, 5) is 12.1. The lowest BCUT2D eigenvalue weighted by atomic mass is 9.99. The van der Waals surface area contributed by atoms with Crippen molar-refractivity contribution in [1.29, 1.82) is 0 Å². The van der Waals surface area contributed by atoms with Gasteiger partial charge in [-0.15, -0.1) is 0 Å². The standard InChI is InChI=1S/C14H18N2O3S/c17-14(11-5-6-20(18,19)9-11)16-12-7-10-3-1-2-4-13(10)15-8-12/h1-4,11-12,15H,5-9H2,(H,16,17). The normalized spacial score (nSPS) is 27.4. The Balaban J connectivity index is 1.61. The third-order valence-electron chi connectivity index (χ3n) is 3.97. The molecule has 1 amide bonds. The Morgan fingerprint density at radius 3 is 2.85 bits per heavy atom. The van der Waals surface area contributed by atoms with E-state index in [-0.39, 0.29) is 29.4 Å². The average molecular weight is 294 g/mol. The maximum absolute atomic E-state index is 12.1. The average Bonchev–Trinajstić information content (AvgIpc) is 2.79. The van der Waals surface area contributed by atoms with Crippen LogP contribution < -0.4 is 10.6 Å². The molecule has 108 valence electrons. The molecule has 2 N–H and O–H groups in total. The van der Waals surface area contributed by atoms with Gasteiger partial charge in [-0.25, -0.2) is 8.42 Å². The SMILES string of the molecule is O=C(NC1CNc2ccccc2C1)C1CCS(=O)(=O)C1. The first kappa shape index (κ1) is 13.4. The highest BCUT2D eigenvalue weighted by molar-refractivity contribution is 7.91. The van der Waals surface area contributed by atoms with Crippen LogP contribution in [0.15, 0.2) is 24.3 Å². The number of rotatable bonds is 2. The molecule has 0 aromatic heterocycles. The van der Waals surface area contributed by atoms with Crippen LogP contribution in [-0.4, -0.2) is 38.4 Å². The lowest BCUT2D eigenvalue weighted by molar-refractivity contribution is -0.124. The van der Waals surface area contributed by atoms with Gasteiger partial charge in [0, 0.05) is 12.2 Å². The Labute approximate surface area is 118 Å². The third kappa shape index (κ3) is 2.80. The first-order valence-corrected chi connectivity index (χ1v) is 8.68. The van der Waals surface area contributed by atoms with Crippen molar-refractivity contribution in [3.8, 4) is 0 Å². The van der Waals surface area contributed by atoms with E-state index < -0.39 is 9.84 Å². The van der Waals surface area contributed by atoms with E-state index in [0.29, 0.717) is 13.0 Å². The molecular weight excluding hydrogens is 276 g/mol. The molecule has 2 aliphatic heterocycles. The van der Waals surface area contributed by atoms with Crippen molar-refractivity contribution in [2.24, 2.45) is 5.92 Å². The van der Waals surface area contributed by atoms with Gasteiger partial charge in [0.1, 0.15) is 0 Å². The largest absolute Gasteiger partial charge is 0.383 e. The molecule has 1 fully saturated rings. The lowest BCUT2D eigenvalue weighted by Crippen LogP contribution is -2.46. The van der Waals surface area contributed by atoms with Crippen LogP contribution in [0, 0.1) is 5.92 Å². The van der Waals surface area contributed by atoms with Gasteiger partial charge in [0.25, 0.3) is 0 Å². The van der Waals surface area contributed by atoms with Crippen molar-refractivity contribution in [1.82, 2.24) is 5.32 Å². The molecule has 3 rings (SSSR count). The molecule has 1 saturated heterocycles. The number of hydrogen-bond acceptors (Lipinski definition) is 4. The van der Waals surface area contributed by atoms with Crippen LogP contribution in [0.2, 0.25) is 0 Å². The van der Waals surface area contributed by atoms with Crippen LogP contribution in [0.25, 0.3) is 0 Å². The van der Waals surface area contributed by atoms with E-state index in [1.807, 2.05) is 24.3 Å². The fourth-order valence-corrected chi connectivity index (χ4v) is 4.61. The van der Waals surface area contributed by atoms with Crippen LogP contribution in [0.4, 0.5) is 5.69 Å². The molecule has 2 heterocycles. The number of carbonyl (C=O) groups excluding carboxylic acids is 1. The molecule has 5 nitrogen and oxygen atoms in total. The molecule has 2 atom stereocenters. The molecule has 6 heteroatoms. The molecular formula is C14H18N2O3S. The summed E-state index contributed by atoms with van der Waals surface area (Å²) in [6, 6.07) is 8.06. The number of hydrogen-bond donors (Lipinski definition) is 2. The van der Waals surface area contributed by atoms with Crippen LogP contribution in [0.3, 0.4) is 0 Å². The Kier molecular flexibility index (Phi) is 3.41. The van der Waals surface area contributed by atoms with Crippen molar-refractivity contribution < 1.29 is 13.2 Å². The van der Waals surface area contributed by atoms with E-state index in [4.69, 9.17) is 0 Å². The third-order valence-corrected chi connectivity index (χ3v) is 5.74. The second kappa shape index (κ2) is 5.09. The van der Waals surface area contributed by atoms with Crippen molar-refractivity contribution >= 4 is 21.4 Å². The summed E-state index contributed by atoms with van der Waals surface area (Å²) in [6.07, 6.45) is 1.24. The number of anilines is 1. The predicted octanol–water partition coefficient (Wildman–Crippen LogP) is 0.574. The summed E-state index contributed by atoms with van der Waals surface area (Å²) in [5, 5.41) is 6.27. The van der Waals surface area contributed by atoms with Gasteiger partial charge in [0.15, 0.2) is 9.84 Å². The lowest BCUT2D eigenvalue weighted by Gasteiger charge is -2.27. The van der Waals surface area contributed by atoms with Gasteiger partial charge < -0.3 is 10.6 Å². The molecule has 0 bridgehead atoms. The summed E-state index contributed by atoms with van der Waals surface area (Å²) in [5.41, 5.74) is 2.30. The first-order valence-electron chi connectivity index (χ1n) is 6.86. The van der Waals surface area contributed by atoms with Gasteiger partial charge >= 0.3 is 0 Å². The molecule has 0 aliphatic carbocycles. The quantitative estimate of drug-likeness (QED) is 0.836. The minimum atomic E-state index is -3.01. The zero-order chi connectivity index (χ0) is 14.2. The fraction of sp³-hybridized carbons (Fsp3) is 0.500. The van der Waals surface area contributed by atoms with E-state index in [1.54, 1.807) is 0 Å². The van der Waals surface area contributed by atoms with Gasteiger partial charge in [-0.2, -0.15) is 0 Å². The molecule has 20 heavy (non-hydrogen) atoms. The second-order valence-corrected chi connectivity index (χ2v) is 7.78. The molecule has 2 unspecified atom stereocenters. The van der Waals surface area contributed by atoms with Gasteiger partial charge in [0.05, 0.1) is 23.5 Å². The van der Waals surface area contributed by atoms with Gasteiger partial charge in [-0.3, -0.25) is 4.79 Å². The molecule has 1 aromatic rings. The monoisotopic (exact) mass is 294 g/mol. The molecule has 1 aromatic carbocycles. The van der Waals surface area contributed by atoms with E-state index in [9.17, 15) is 13.2 Å². The minimum Gasteiger partial charge on any atom is -0.383 e. The molecule has 0 radical (unpaired) electrons. The number of amides is 1.